The largest absolute Gasteiger partial charge is 0.495 e. The Labute approximate surface area is 137 Å². The monoisotopic (exact) mass is 341 g/mol. The zero-order chi connectivity index (χ0) is 16.3. The second kappa shape index (κ2) is 6.89. The highest BCUT2D eigenvalue weighted by Gasteiger charge is 2.21. The van der Waals surface area contributed by atoms with E-state index in [1.165, 1.54) is 18.9 Å². The number of nitrogen functional groups attached to an aromatic ring is 1. The number of hydrogen-bond donors (Lipinski definition) is 2. The molecule has 1 unspecified atom stereocenters. The van der Waals surface area contributed by atoms with Crippen LogP contribution in [0, 0.1) is 0 Å². The summed E-state index contributed by atoms with van der Waals surface area (Å²) in [5, 5.41) is 11.5. The summed E-state index contributed by atoms with van der Waals surface area (Å²) >= 11 is 7.41. The lowest BCUT2D eigenvalue weighted by atomic mass is 10.2. The van der Waals surface area contributed by atoms with Crippen LogP contribution < -0.4 is 15.8 Å². The van der Waals surface area contributed by atoms with Crippen LogP contribution in [0.15, 0.2) is 23.4 Å². The van der Waals surface area contributed by atoms with Gasteiger partial charge in [0.1, 0.15) is 11.8 Å². The number of hydrogen-bond acceptors (Lipinski definition) is 6. The molecule has 3 N–H and O–H groups in total. The average molecular weight is 342 g/mol. The van der Waals surface area contributed by atoms with Crippen molar-refractivity contribution in [2.45, 2.75) is 18.1 Å². The Morgan fingerprint density at radius 1 is 1.50 bits per heavy atom. The van der Waals surface area contributed by atoms with E-state index in [1.807, 2.05) is 6.26 Å². The number of halogens is 1. The fourth-order valence-corrected chi connectivity index (χ4v) is 2.73. The molecule has 1 atom stereocenters. The number of nitrogens with two attached hydrogens (primary N) is 1. The lowest BCUT2D eigenvalue weighted by molar-refractivity contribution is -0.118. The van der Waals surface area contributed by atoms with Gasteiger partial charge in [-0.15, -0.1) is 10.2 Å². The maximum absolute atomic E-state index is 12.4. The quantitative estimate of drug-likeness (QED) is 0.811. The molecule has 1 aromatic carbocycles. The Morgan fingerprint density at radius 3 is 2.82 bits per heavy atom. The third kappa shape index (κ3) is 3.28. The van der Waals surface area contributed by atoms with Gasteiger partial charge in [0, 0.05) is 5.69 Å². The highest BCUT2D eigenvalue weighted by molar-refractivity contribution is 7.98. The first-order valence-corrected chi connectivity index (χ1v) is 7.97. The van der Waals surface area contributed by atoms with Crippen molar-refractivity contribution < 1.29 is 9.53 Å². The molecule has 0 spiro atoms. The third-order valence-corrected chi connectivity index (χ3v) is 4.00. The highest BCUT2D eigenvalue weighted by Crippen LogP contribution is 2.28. The SMILES string of the molecule is COc1ccc(NC(=O)C(C)n2c(N)nnc2SC)cc1Cl. The first-order valence-electron chi connectivity index (χ1n) is 6.36. The standard InChI is InChI=1S/C13H16ClN5O2S/c1-7(19-12(15)17-18-13(19)22-3)11(20)16-8-4-5-10(21-2)9(14)6-8/h4-7H,1-3H3,(H2,15,17)(H,16,20). The van der Waals surface area contributed by atoms with Crippen LogP contribution in [-0.4, -0.2) is 34.0 Å². The van der Waals surface area contributed by atoms with Gasteiger partial charge in [0.15, 0.2) is 5.16 Å². The van der Waals surface area contributed by atoms with Gasteiger partial charge in [-0.2, -0.15) is 0 Å². The van der Waals surface area contributed by atoms with Crippen LogP contribution in [0.2, 0.25) is 5.02 Å². The van der Waals surface area contributed by atoms with Crippen molar-refractivity contribution in [3.8, 4) is 5.75 Å². The topological polar surface area (TPSA) is 95.1 Å². The molecule has 1 aromatic heterocycles. The minimum Gasteiger partial charge on any atom is -0.495 e. The molecule has 1 amide bonds. The van der Waals surface area contributed by atoms with E-state index in [-0.39, 0.29) is 11.9 Å². The van der Waals surface area contributed by atoms with Crippen LogP contribution in [0.4, 0.5) is 11.6 Å². The van der Waals surface area contributed by atoms with E-state index in [0.29, 0.717) is 21.6 Å². The molecule has 22 heavy (non-hydrogen) atoms. The average Bonchev–Trinajstić information content (AvgIpc) is 2.87. The Morgan fingerprint density at radius 2 is 2.23 bits per heavy atom. The second-order valence-corrected chi connectivity index (χ2v) is 5.61. The van der Waals surface area contributed by atoms with E-state index in [4.69, 9.17) is 22.1 Å². The summed E-state index contributed by atoms with van der Waals surface area (Å²) in [5.74, 6) is 0.489. The number of aromatic nitrogens is 3. The van der Waals surface area contributed by atoms with Crippen molar-refractivity contribution in [2.75, 3.05) is 24.4 Å². The molecule has 2 aromatic rings. The van der Waals surface area contributed by atoms with E-state index in [2.05, 4.69) is 15.5 Å². The van der Waals surface area contributed by atoms with Crippen LogP contribution >= 0.6 is 23.4 Å². The molecule has 0 saturated heterocycles. The molecule has 0 radical (unpaired) electrons. The molecule has 0 saturated carbocycles. The van der Waals surface area contributed by atoms with Crippen molar-refractivity contribution in [1.29, 1.82) is 0 Å². The lowest BCUT2D eigenvalue weighted by Gasteiger charge is -2.16. The fraction of sp³-hybridized carbons (Fsp3) is 0.308. The molecule has 0 aliphatic rings. The van der Waals surface area contributed by atoms with Gasteiger partial charge in [-0.1, -0.05) is 23.4 Å². The Kier molecular flexibility index (Phi) is 5.15. The molecule has 118 valence electrons. The molecule has 7 nitrogen and oxygen atoms in total. The third-order valence-electron chi connectivity index (χ3n) is 3.06. The molecular formula is C13H16ClN5O2S. The number of ether oxygens (including phenoxy) is 1. The molecule has 0 aliphatic carbocycles. The summed E-state index contributed by atoms with van der Waals surface area (Å²) in [4.78, 5) is 12.4. The normalized spacial score (nSPS) is 12.0. The van der Waals surface area contributed by atoms with E-state index in [1.54, 1.807) is 29.7 Å². The van der Waals surface area contributed by atoms with Gasteiger partial charge in [-0.05, 0) is 31.4 Å². The van der Waals surface area contributed by atoms with Gasteiger partial charge in [0.2, 0.25) is 11.9 Å². The molecule has 0 fully saturated rings. The number of nitrogens with one attached hydrogen (secondary N) is 1. The van der Waals surface area contributed by atoms with E-state index < -0.39 is 6.04 Å². The number of nitrogens with zero attached hydrogens (tertiary/aromatic N) is 3. The molecule has 0 bridgehead atoms. The number of amides is 1. The molecule has 9 heteroatoms. The number of carbonyl (C=O) groups excluding carboxylic acids is 1. The highest BCUT2D eigenvalue weighted by atomic mass is 35.5. The van der Waals surface area contributed by atoms with Gasteiger partial charge in [0.05, 0.1) is 12.1 Å². The zero-order valence-electron chi connectivity index (χ0n) is 12.3. The maximum Gasteiger partial charge on any atom is 0.247 e. The van der Waals surface area contributed by atoms with Gasteiger partial charge in [-0.25, -0.2) is 0 Å². The first kappa shape index (κ1) is 16.4. The number of rotatable bonds is 5. The van der Waals surface area contributed by atoms with Gasteiger partial charge in [-0.3, -0.25) is 9.36 Å². The minimum absolute atomic E-state index is 0.194. The predicted octanol–water partition coefficient (Wildman–Crippen LogP) is 2.44. The maximum atomic E-state index is 12.4. The van der Waals surface area contributed by atoms with Crippen molar-refractivity contribution in [2.24, 2.45) is 0 Å². The Hall–Kier alpha value is -1.93. The predicted molar refractivity (Wildman–Crippen MR) is 87.6 cm³/mol. The van der Waals surface area contributed by atoms with Crippen molar-refractivity contribution in [3.05, 3.63) is 23.2 Å². The van der Waals surface area contributed by atoms with Crippen molar-refractivity contribution in [3.63, 3.8) is 0 Å². The van der Waals surface area contributed by atoms with Gasteiger partial charge >= 0.3 is 0 Å². The summed E-state index contributed by atoms with van der Waals surface area (Å²) in [6.45, 7) is 1.72. The Balaban J connectivity index is 2.18. The summed E-state index contributed by atoms with van der Waals surface area (Å²) in [7, 11) is 1.53. The summed E-state index contributed by atoms with van der Waals surface area (Å²) in [6.07, 6.45) is 1.84. The lowest BCUT2D eigenvalue weighted by Crippen LogP contribution is -2.25. The first-order chi connectivity index (χ1) is 10.5. The van der Waals surface area contributed by atoms with Gasteiger partial charge < -0.3 is 15.8 Å². The molecule has 2 rings (SSSR count). The number of methoxy groups -OCH3 is 1. The van der Waals surface area contributed by atoms with E-state index >= 15 is 0 Å². The summed E-state index contributed by atoms with van der Waals surface area (Å²) in [5.41, 5.74) is 6.34. The van der Waals surface area contributed by atoms with Crippen LogP contribution in [0.1, 0.15) is 13.0 Å². The van der Waals surface area contributed by atoms with E-state index in [0.717, 1.165) is 0 Å². The van der Waals surface area contributed by atoms with Crippen LogP contribution in [-0.2, 0) is 4.79 Å². The smallest absolute Gasteiger partial charge is 0.247 e. The second-order valence-electron chi connectivity index (χ2n) is 4.43. The van der Waals surface area contributed by atoms with Gasteiger partial charge in [0.25, 0.3) is 0 Å². The number of anilines is 2. The van der Waals surface area contributed by atoms with Crippen molar-refractivity contribution in [1.82, 2.24) is 14.8 Å². The number of carbonyl (C=O) groups is 1. The van der Waals surface area contributed by atoms with Crippen LogP contribution in [0.25, 0.3) is 0 Å². The minimum atomic E-state index is -0.557. The molecule has 0 aliphatic heterocycles. The van der Waals surface area contributed by atoms with Crippen LogP contribution in [0.5, 0.6) is 5.75 Å². The molecule has 1 heterocycles. The van der Waals surface area contributed by atoms with Crippen LogP contribution in [0.3, 0.4) is 0 Å². The number of thioether (sulfide) groups is 1. The summed E-state index contributed by atoms with van der Waals surface area (Å²) < 4.78 is 6.65. The van der Waals surface area contributed by atoms with Crippen molar-refractivity contribution >= 4 is 40.9 Å². The number of benzene rings is 1. The molecular weight excluding hydrogens is 326 g/mol. The Bertz CT molecular complexity index is 691. The van der Waals surface area contributed by atoms with E-state index in [9.17, 15) is 4.79 Å². The fourth-order valence-electron chi connectivity index (χ4n) is 1.90. The summed E-state index contributed by atoms with van der Waals surface area (Å²) in [6, 6.07) is 4.46. The zero-order valence-corrected chi connectivity index (χ0v) is 13.9.